The maximum atomic E-state index is 13.0. The summed E-state index contributed by atoms with van der Waals surface area (Å²) in [5, 5.41) is 4.92. The molecule has 0 radical (unpaired) electrons. The Labute approximate surface area is 172 Å². The lowest BCUT2D eigenvalue weighted by molar-refractivity contribution is -0.137. The van der Waals surface area contributed by atoms with Gasteiger partial charge < -0.3 is 10.6 Å². The average Bonchev–Trinajstić information content (AvgIpc) is 3.00. The summed E-state index contributed by atoms with van der Waals surface area (Å²) in [5.74, 6) is 0.884. The molecule has 1 fully saturated rings. The molecule has 0 amide bonds. The fraction of sp³-hybridized carbons (Fsp3) is 0.450. The minimum Gasteiger partial charge on any atom is -0.383 e. The summed E-state index contributed by atoms with van der Waals surface area (Å²) in [7, 11) is 1.70. The third-order valence-electron chi connectivity index (χ3n) is 5.54. The maximum absolute atomic E-state index is 13.0. The van der Waals surface area contributed by atoms with E-state index in [4.69, 9.17) is 10.7 Å². The predicted molar refractivity (Wildman–Crippen MR) is 110 cm³/mol. The van der Waals surface area contributed by atoms with Gasteiger partial charge in [0.15, 0.2) is 5.65 Å². The molecule has 1 saturated heterocycles. The third-order valence-corrected chi connectivity index (χ3v) is 5.54. The number of nitrogen functional groups attached to an aromatic ring is 1. The zero-order valence-corrected chi connectivity index (χ0v) is 17.1. The lowest BCUT2D eigenvalue weighted by atomic mass is 10.1. The molecule has 2 aromatic heterocycles. The van der Waals surface area contributed by atoms with E-state index in [2.05, 4.69) is 33.7 Å². The zero-order chi connectivity index (χ0) is 21.6. The van der Waals surface area contributed by atoms with Gasteiger partial charge in [-0.25, -0.2) is 4.98 Å². The number of hydrogen-bond donors (Lipinski definition) is 1. The van der Waals surface area contributed by atoms with Gasteiger partial charge >= 0.3 is 6.18 Å². The number of nitrogens with zero attached hydrogens (tertiary/aromatic N) is 6. The summed E-state index contributed by atoms with van der Waals surface area (Å²) in [5.41, 5.74) is 6.93. The van der Waals surface area contributed by atoms with Crippen LogP contribution >= 0.6 is 0 Å². The van der Waals surface area contributed by atoms with E-state index in [1.165, 1.54) is 16.8 Å². The average molecular weight is 419 g/mol. The number of benzene rings is 1. The molecule has 160 valence electrons. The highest BCUT2D eigenvalue weighted by molar-refractivity contribution is 5.98. The quantitative estimate of drug-likeness (QED) is 0.703. The minimum absolute atomic E-state index is 0.371. The SMILES string of the molecule is CC(C)N1CCN(c2nc(-c3ccc(C(F)(F)F)cc3)c3c(N)n(C)nc3n2)CC1. The van der Waals surface area contributed by atoms with Crippen molar-refractivity contribution in [2.45, 2.75) is 26.1 Å². The van der Waals surface area contributed by atoms with E-state index in [9.17, 15) is 13.2 Å². The number of alkyl halides is 3. The molecule has 0 unspecified atom stereocenters. The van der Waals surface area contributed by atoms with Crippen LogP contribution in [0.2, 0.25) is 0 Å². The highest BCUT2D eigenvalue weighted by Gasteiger charge is 2.30. The number of halogens is 3. The van der Waals surface area contributed by atoms with Crippen LogP contribution in [0.4, 0.5) is 24.9 Å². The molecule has 0 saturated carbocycles. The van der Waals surface area contributed by atoms with Crippen LogP contribution in [0.15, 0.2) is 24.3 Å². The van der Waals surface area contributed by atoms with E-state index in [-0.39, 0.29) is 0 Å². The number of nitrogens with two attached hydrogens (primary N) is 1. The molecule has 0 spiro atoms. The van der Waals surface area contributed by atoms with Crippen LogP contribution in [-0.4, -0.2) is 56.9 Å². The first-order valence-electron chi connectivity index (χ1n) is 9.82. The number of anilines is 2. The van der Waals surface area contributed by atoms with E-state index >= 15 is 0 Å². The number of aryl methyl sites for hydroxylation is 1. The Kier molecular flexibility index (Phi) is 5.05. The van der Waals surface area contributed by atoms with Crippen molar-refractivity contribution in [2.24, 2.45) is 7.05 Å². The van der Waals surface area contributed by atoms with Crippen molar-refractivity contribution in [3.05, 3.63) is 29.8 Å². The number of rotatable bonds is 3. The number of piperazine rings is 1. The molecule has 2 N–H and O–H groups in total. The molecule has 4 rings (SSSR count). The molecule has 0 aliphatic carbocycles. The summed E-state index contributed by atoms with van der Waals surface area (Å²) < 4.78 is 40.4. The van der Waals surface area contributed by atoms with Gasteiger partial charge in [0.2, 0.25) is 5.95 Å². The van der Waals surface area contributed by atoms with Gasteiger partial charge in [-0.3, -0.25) is 9.58 Å². The number of fused-ring (bicyclic) bond motifs is 1. The smallest absolute Gasteiger partial charge is 0.383 e. The maximum Gasteiger partial charge on any atom is 0.416 e. The molecule has 1 aliphatic heterocycles. The molecule has 30 heavy (non-hydrogen) atoms. The summed E-state index contributed by atoms with van der Waals surface area (Å²) in [4.78, 5) is 13.8. The van der Waals surface area contributed by atoms with Crippen LogP contribution in [0.5, 0.6) is 0 Å². The molecular weight excluding hydrogens is 395 g/mol. The lowest BCUT2D eigenvalue weighted by Crippen LogP contribution is -2.49. The van der Waals surface area contributed by atoms with Gasteiger partial charge in [-0.2, -0.15) is 23.3 Å². The number of aromatic nitrogens is 4. The Balaban J connectivity index is 1.77. The summed E-state index contributed by atoms with van der Waals surface area (Å²) in [6.07, 6.45) is -4.39. The Morgan fingerprint density at radius 3 is 2.20 bits per heavy atom. The van der Waals surface area contributed by atoms with Crippen molar-refractivity contribution >= 4 is 22.8 Å². The monoisotopic (exact) mass is 419 g/mol. The van der Waals surface area contributed by atoms with Gasteiger partial charge in [-0.15, -0.1) is 0 Å². The van der Waals surface area contributed by atoms with Gasteiger partial charge in [0.1, 0.15) is 5.82 Å². The Hall–Kier alpha value is -2.88. The second kappa shape index (κ2) is 7.42. The Morgan fingerprint density at radius 1 is 1.00 bits per heavy atom. The largest absolute Gasteiger partial charge is 0.416 e. The van der Waals surface area contributed by atoms with Gasteiger partial charge in [0.25, 0.3) is 0 Å². The standard InChI is InChI=1S/C20H24F3N7/c1-12(2)29-8-10-30(11-9-29)19-25-16(15-17(24)28(3)27-18(15)26-19)13-4-6-14(7-5-13)20(21,22)23/h4-7,12H,8-11,24H2,1-3H3. The first-order valence-corrected chi connectivity index (χ1v) is 9.82. The molecule has 3 aromatic rings. The number of hydrogen-bond acceptors (Lipinski definition) is 6. The highest BCUT2D eigenvalue weighted by Crippen LogP contribution is 2.34. The molecule has 7 nitrogen and oxygen atoms in total. The normalized spacial score (nSPS) is 16.0. The van der Waals surface area contributed by atoms with Crippen molar-refractivity contribution in [1.82, 2.24) is 24.6 Å². The van der Waals surface area contributed by atoms with Crippen molar-refractivity contribution in [3.63, 3.8) is 0 Å². The van der Waals surface area contributed by atoms with Gasteiger partial charge in [0.05, 0.1) is 16.6 Å². The molecule has 0 bridgehead atoms. The second-order valence-corrected chi connectivity index (χ2v) is 7.77. The Bertz CT molecular complexity index is 1050. The van der Waals surface area contributed by atoms with E-state index < -0.39 is 11.7 Å². The predicted octanol–water partition coefficient (Wildman–Crippen LogP) is 3.16. The first-order chi connectivity index (χ1) is 14.1. The summed E-state index contributed by atoms with van der Waals surface area (Å²) in [6.45, 7) is 7.63. The molecule has 1 aliphatic rings. The molecular formula is C20H24F3N7. The molecule has 10 heteroatoms. The minimum atomic E-state index is -4.39. The first kappa shape index (κ1) is 20.4. The van der Waals surface area contributed by atoms with E-state index in [0.717, 1.165) is 38.3 Å². The van der Waals surface area contributed by atoms with Gasteiger partial charge in [-0.05, 0) is 26.0 Å². The van der Waals surface area contributed by atoms with E-state index in [1.807, 2.05) is 0 Å². The topological polar surface area (TPSA) is 76.1 Å². The van der Waals surface area contributed by atoms with Crippen LogP contribution < -0.4 is 10.6 Å². The molecule has 0 atom stereocenters. The van der Waals surface area contributed by atoms with Crippen LogP contribution in [0.1, 0.15) is 19.4 Å². The van der Waals surface area contributed by atoms with E-state index in [0.29, 0.717) is 40.1 Å². The molecule has 1 aromatic carbocycles. The van der Waals surface area contributed by atoms with Gasteiger partial charge in [-0.1, -0.05) is 12.1 Å². The second-order valence-electron chi connectivity index (χ2n) is 7.77. The van der Waals surface area contributed by atoms with Crippen molar-refractivity contribution < 1.29 is 13.2 Å². The van der Waals surface area contributed by atoms with Crippen molar-refractivity contribution in [1.29, 1.82) is 0 Å². The zero-order valence-electron chi connectivity index (χ0n) is 17.1. The van der Waals surface area contributed by atoms with Crippen LogP contribution in [0.25, 0.3) is 22.3 Å². The summed E-state index contributed by atoms with van der Waals surface area (Å²) in [6, 6.07) is 5.40. The van der Waals surface area contributed by atoms with E-state index in [1.54, 1.807) is 7.05 Å². The molecule has 3 heterocycles. The lowest BCUT2D eigenvalue weighted by Gasteiger charge is -2.36. The Morgan fingerprint density at radius 2 is 1.63 bits per heavy atom. The van der Waals surface area contributed by atoms with Crippen molar-refractivity contribution in [2.75, 3.05) is 36.8 Å². The summed E-state index contributed by atoms with van der Waals surface area (Å²) >= 11 is 0. The third kappa shape index (κ3) is 3.67. The van der Waals surface area contributed by atoms with Crippen molar-refractivity contribution in [3.8, 4) is 11.3 Å². The highest BCUT2D eigenvalue weighted by atomic mass is 19.4. The fourth-order valence-corrected chi connectivity index (χ4v) is 3.71. The van der Waals surface area contributed by atoms with Crippen LogP contribution in [0.3, 0.4) is 0 Å². The van der Waals surface area contributed by atoms with Gasteiger partial charge in [0, 0.05) is 44.8 Å². The fourth-order valence-electron chi connectivity index (χ4n) is 3.71. The van der Waals surface area contributed by atoms with Crippen LogP contribution in [0, 0.1) is 0 Å². The van der Waals surface area contributed by atoms with Crippen LogP contribution in [-0.2, 0) is 13.2 Å².